The van der Waals surface area contributed by atoms with Crippen molar-refractivity contribution in [3.05, 3.63) is 151 Å². The van der Waals surface area contributed by atoms with Gasteiger partial charge < -0.3 is 19.7 Å². The van der Waals surface area contributed by atoms with Crippen LogP contribution in [0.2, 0.25) is 0 Å². The molecule has 2 aromatic carbocycles. The van der Waals surface area contributed by atoms with Crippen LogP contribution >= 0.6 is 0 Å². The van der Waals surface area contributed by atoms with Crippen LogP contribution in [-0.4, -0.2) is 53.1 Å². The zero-order chi connectivity index (χ0) is 32.4. The zero-order valence-electron chi connectivity index (χ0n) is 26.9. The van der Waals surface area contributed by atoms with E-state index in [1.54, 1.807) is 24.8 Å². The molecule has 47 heavy (non-hydrogen) atoms. The van der Waals surface area contributed by atoms with Gasteiger partial charge in [0, 0.05) is 43.8 Å². The smallest absolute Gasteiger partial charge is 0.146 e. The summed E-state index contributed by atoms with van der Waals surface area (Å²) >= 11 is 0. The average Bonchev–Trinajstić information content (AvgIpc) is 3.10. The summed E-state index contributed by atoms with van der Waals surface area (Å²) in [5.41, 5.74) is 2.16. The Kier molecular flexibility index (Phi) is 13.3. The third-order valence-corrected chi connectivity index (χ3v) is 7.69. The van der Waals surface area contributed by atoms with Crippen LogP contribution < -0.4 is 14.8 Å². The molecule has 0 atom stereocenters. The molecule has 0 unspecified atom stereocenters. The number of para-hydroxylation sites is 2. The van der Waals surface area contributed by atoms with E-state index in [4.69, 9.17) is 9.47 Å². The number of piperidine rings is 1. The molecular weight excluding hydrogens is 582 g/mol. The van der Waals surface area contributed by atoms with Crippen molar-refractivity contribution in [2.24, 2.45) is 11.8 Å². The van der Waals surface area contributed by atoms with E-state index in [1.165, 1.54) is 25.9 Å². The number of aromatic nitrogens is 3. The van der Waals surface area contributed by atoms with Crippen molar-refractivity contribution in [1.29, 1.82) is 0 Å². The van der Waals surface area contributed by atoms with E-state index < -0.39 is 0 Å². The predicted octanol–water partition coefficient (Wildman–Crippen LogP) is 8.42. The van der Waals surface area contributed by atoms with E-state index in [0.717, 1.165) is 47.2 Å². The Labute approximate surface area is 278 Å². The van der Waals surface area contributed by atoms with E-state index in [0.29, 0.717) is 11.8 Å². The van der Waals surface area contributed by atoms with Crippen molar-refractivity contribution < 1.29 is 9.47 Å². The monoisotopic (exact) mass is 625 g/mol. The standard InChI is InChI=1S/C19H22N2O.C16H16N2O.C5H5N/c1-21-11-9-16(10-12-21)7-8-17-13-19(15-20-14-17)22-18-5-3-2-4-6-18;1-2-4-15(5-3-1)19-16-8-13(9-18-12-16)6-7-14-10-17-11-14;1-2-4-6-5-3-1/h2-8,13-16H,9-12H2,1H3;1-9,12,14,17H,10-11H2;1-5H/b8-7+;7-6+;. The molecule has 5 heterocycles. The number of rotatable bonds is 8. The van der Waals surface area contributed by atoms with Gasteiger partial charge in [0.05, 0.1) is 12.4 Å². The van der Waals surface area contributed by atoms with Gasteiger partial charge in [-0.1, -0.05) is 66.8 Å². The largest absolute Gasteiger partial charge is 0.456 e. The number of likely N-dealkylation sites (tertiary alicyclic amines) is 1. The van der Waals surface area contributed by atoms with Crippen LogP contribution in [0.3, 0.4) is 0 Å². The fourth-order valence-electron chi connectivity index (χ4n) is 4.89. The Balaban J connectivity index is 0.000000158. The fraction of sp³-hybridized carbons (Fsp3) is 0.225. The second kappa shape index (κ2) is 18.8. The van der Waals surface area contributed by atoms with Crippen molar-refractivity contribution in [3.8, 4) is 23.0 Å². The number of ether oxygens (including phenoxy) is 2. The minimum atomic E-state index is 0.652. The van der Waals surface area contributed by atoms with Gasteiger partial charge in [0.1, 0.15) is 23.0 Å². The second-order valence-corrected chi connectivity index (χ2v) is 11.5. The topological polar surface area (TPSA) is 72.4 Å². The van der Waals surface area contributed by atoms with Gasteiger partial charge in [0.2, 0.25) is 0 Å². The van der Waals surface area contributed by atoms with E-state index in [2.05, 4.69) is 56.5 Å². The highest BCUT2D eigenvalue weighted by Gasteiger charge is 2.14. The summed E-state index contributed by atoms with van der Waals surface area (Å²) in [6, 6.07) is 29.3. The molecule has 5 aromatic rings. The van der Waals surface area contributed by atoms with E-state index in [-0.39, 0.29) is 0 Å². The number of nitrogens with one attached hydrogen (secondary N) is 1. The van der Waals surface area contributed by atoms with Crippen molar-refractivity contribution in [2.75, 3.05) is 33.2 Å². The highest BCUT2D eigenvalue weighted by molar-refractivity contribution is 5.51. The highest BCUT2D eigenvalue weighted by atomic mass is 16.5. The van der Waals surface area contributed by atoms with Crippen molar-refractivity contribution >= 4 is 12.2 Å². The molecule has 3 aromatic heterocycles. The van der Waals surface area contributed by atoms with Gasteiger partial charge in [0.25, 0.3) is 0 Å². The SMILES string of the molecule is C(=C\C1CNC1)/c1cncc(Oc2ccccc2)c1.CN1CCC(/C=C/c2cncc(Oc3ccccc3)c2)CC1.c1ccncc1. The first-order chi connectivity index (χ1) is 23.2. The van der Waals surface area contributed by atoms with Crippen molar-refractivity contribution in [2.45, 2.75) is 12.8 Å². The molecule has 2 aliphatic rings. The summed E-state index contributed by atoms with van der Waals surface area (Å²) in [4.78, 5) is 14.7. The van der Waals surface area contributed by atoms with E-state index >= 15 is 0 Å². The minimum absolute atomic E-state index is 0.652. The van der Waals surface area contributed by atoms with Crippen LogP contribution in [-0.2, 0) is 0 Å². The number of nitrogens with zero attached hydrogens (tertiary/aromatic N) is 4. The molecule has 2 fully saturated rings. The molecule has 0 radical (unpaired) electrons. The molecular formula is C40H43N5O2. The maximum atomic E-state index is 5.82. The molecule has 7 rings (SSSR count). The average molecular weight is 626 g/mol. The van der Waals surface area contributed by atoms with Crippen molar-refractivity contribution in [3.63, 3.8) is 0 Å². The Hall–Kier alpha value is -5.11. The van der Waals surface area contributed by atoms with Crippen molar-refractivity contribution in [1.82, 2.24) is 25.2 Å². The van der Waals surface area contributed by atoms with Gasteiger partial charge in [-0.25, -0.2) is 0 Å². The van der Waals surface area contributed by atoms with Gasteiger partial charge in [-0.15, -0.1) is 0 Å². The molecule has 1 N–H and O–H groups in total. The second-order valence-electron chi connectivity index (χ2n) is 11.5. The van der Waals surface area contributed by atoms with Gasteiger partial charge in [0.15, 0.2) is 0 Å². The quantitative estimate of drug-likeness (QED) is 0.186. The molecule has 7 nitrogen and oxygen atoms in total. The highest BCUT2D eigenvalue weighted by Crippen LogP contribution is 2.24. The van der Waals surface area contributed by atoms with E-state index in [9.17, 15) is 0 Å². The third-order valence-electron chi connectivity index (χ3n) is 7.69. The first-order valence-electron chi connectivity index (χ1n) is 16.2. The number of hydrogen-bond acceptors (Lipinski definition) is 7. The molecule has 0 bridgehead atoms. The molecule has 0 aliphatic carbocycles. The van der Waals surface area contributed by atoms with Crippen LogP contribution in [0.1, 0.15) is 24.0 Å². The molecule has 2 saturated heterocycles. The van der Waals surface area contributed by atoms with Crippen LogP contribution in [0.5, 0.6) is 23.0 Å². The summed E-state index contributed by atoms with van der Waals surface area (Å²) in [5.74, 6) is 4.53. The van der Waals surface area contributed by atoms with Gasteiger partial charge in [-0.3, -0.25) is 15.0 Å². The maximum Gasteiger partial charge on any atom is 0.146 e. The Bertz CT molecular complexity index is 1610. The van der Waals surface area contributed by atoms with Gasteiger partial charge in [-0.05, 0) is 98.6 Å². The molecule has 0 amide bonds. The molecule has 7 heteroatoms. The molecule has 240 valence electrons. The van der Waals surface area contributed by atoms with Crippen LogP contribution in [0, 0.1) is 11.8 Å². The summed E-state index contributed by atoms with van der Waals surface area (Å²) in [6.45, 7) is 4.52. The lowest BCUT2D eigenvalue weighted by molar-refractivity contribution is 0.244. The van der Waals surface area contributed by atoms with Crippen LogP contribution in [0.15, 0.2) is 140 Å². The Morgan fingerprint density at radius 2 is 1.09 bits per heavy atom. The van der Waals surface area contributed by atoms with Crippen LogP contribution in [0.25, 0.3) is 12.2 Å². The van der Waals surface area contributed by atoms with Crippen LogP contribution in [0.4, 0.5) is 0 Å². The molecule has 2 aliphatic heterocycles. The summed E-state index contributed by atoms with van der Waals surface area (Å²) in [7, 11) is 2.19. The first kappa shape index (κ1) is 33.3. The third kappa shape index (κ3) is 12.3. The lowest BCUT2D eigenvalue weighted by Gasteiger charge is -2.26. The summed E-state index contributed by atoms with van der Waals surface area (Å²) < 4.78 is 11.6. The maximum absolute atomic E-state index is 5.82. The lowest BCUT2D eigenvalue weighted by atomic mass is 9.96. The lowest BCUT2D eigenvalue weighted by Crippen LogP contribution is -2.40. The molecule has 0 saturated carbocycles. The summed E-state index contributed by atoms with van der Waals surface area (Å²) in [5, 5.41) is 3.25. The molecule has 0 spiro atoms. The number of allylic oxidation sites excluding steroid dienone is 1. The summed E-state index contributed by atoms with van der Waals surface area (Å²) in [6.07, 6.45) is 22.0. The van der Waals surface area contributed by atoms with Gasteiger partial charge in [-0.2, -0.15) is 0 Å². The zero-order valence-corrected chi connectivity index (χ0v) is 26.9. The Morgan fingerprint density at radius 3 is 1.51 bits per heavy atom. The normalized spacial score (nSPS) is 15.2. The van der Waals surface area contributed by atoms with Gasteiger partial charge >= 0.3 is 0 Å². The number of hydrogen-bond donors (Lipinski definition) is 1. The Morgan fingerprint density at radius 1 is 0.596 bits per heavy atom. The first-order valence-corrected chi connectivity index (χ1v) is 16.2. The number of benzene rings is 2. The minimum Gasteiger partial charge on any atom is -0.456 e. The van der Waals surface area contributed by atoms with E-state index in [1.807, 2.05) is 103 Å². The number of pyridine rings is 3. The fourth-order valence-corrected chi connectivity index (χ4v) is 4.89. The predicted molar refractivity (Wildman–Crippen MR) is 190 cm³/mol.